The second kappa shape index (κ2) is 17.7. The Morgan fingerprint density at radius 3 is 2.12 bits per heavy atom. The van der Waals surface area contributed by atoms with Crippen molar-refractivity contribution < 1.29 is 30.5 Å². The molecule has 0 amide bonds. The number of nitrogens with one attached hydrogen (secondary N) is 1. The first-order valence-electron chi connectivity index (χ1n) is 19.9. The van der Waals surface area contributed by atoms with Gasteiger partial charge in [0.2, 0.25) is 5.69 Å². The van der Waals surface area contributed by atoms with Gasteiger partial charge in [-0.15, -0.1) is 0 Å². The lowest BCUT2D eigenvalue weighted by atomic mass is 9.81. The monoisotopic (exact) mass is 805 g/mol. The molecule has 10 nitrogen and oxygen atoms in total. The van der Waals surface area contributed by atoms with Crippen LogP contribution in [-0.4, -0.2) is 78.8 Å². The van der Waals surface area contributed by atoms with Crippen molar-refractivity contribution in [3.05, 3.63) is 119 Å². The maximum absolute atomic E-state index is 11.5. The molecule has 3 N–H and O–H groups in total. The SMILES string of the molecule is C=C(NC1=C(/C=C/C2=[N+](CCCCS(=O)(=O)O)c3ccccc3C2(C)C)CCC/C1=C\C=C1\N(CCCCS(=O)(=O)O)c2ccccc2C1(C)C)N(CC)CC. The molecule has 2 aromatic carbocycles. The van der Waals surface area contributed by atoms with E-state index >= 15 is 0 Å². The lowest BCUT2D eigenvalue weighted by Gasteiger charge is -2.30. The lowest BCUT2D eigenvalue weighted by Crippen LogP contribution is -2.32. The van der Waals surface area contributed by atoms with Gasteiger partial charge in [0.15, 0.2) is 5.71 Å². The molecule has 0 aromatic heterocycles. The van der Waals surface area contributed by atoms with Crippen LogP contribution in [0, 0.1) is 0 Å². The third-order valence-electron chi connectivity index (χ3n) is 11.5. The molecule has 5 rings (SSSR count). The van der Waals surface area contributed by atoms with Gasteiger partial charge in [0.25, 0.3) is 20.2 Å². The van der Waals surface area contributed by atoms with E-state index in [-0.39, 0.29) is 22.3 Å². The Balaban J connectivity index is 1.57. The Hall–Kier alpha value is -3.97. The maximum Gasteiger partial charge on any atom is 0.264 e. The molecule has 0 saturated heterocycles. The summed E-state index contributed by atoms with van der Waals surface area (Å²) in [5.74, 6) is 0.331. The van der Waals surface area contributed by atoms with E-state index in [4.69, 9.17) is 0 Å². The Kier molecular flexibility index (Phi) is 13.6. The Labute approximate surface area is 335 Å². The minimum absolute atomic E-state index is 0.254. The summed E-state index contributed by atoms with van der Waals surface area (Å²) < 4.78 is 66.8. The van der Waals surface area contributed by atoms with Crippen LogP contribution in [0.5, 0.6) is 0 Å². The van der Waals surface area contributed by atoms with Crippen molar-refractivity contribution in [3.8, 4) is 0 Å². The first-order chi connectivity index (χ1) is 26.4. The van der Waals surface area contributed by atoms with Crippen molar-refractivity contribution in [2.75, 3.05) is 42.6 Å². The van der Waals surface area contributed by atoms with E-state index in [1.54, 1.807) is 0 Å². The Morgan fingerprint density at radius 1 is 0.839 bits per heavy atom. The fourth-order valence-electron chi connectivity index (χ4n) is 8.48. The van der Waals surface area contributed by atoms with Gasteiger partial charge in [-0.3, -0.25) is 9.11 Å². The number of hydrogen-bond acceptors (Lipinski definition) is 7. The molecule has 304 valence electrons. The largest absolute Gasteiger partial charge is 0.359 e. The molecule has 2 heterocycles. The molecule has 0 fully saturated rings. The predicted molar refractivity (Wildman–Crippen MR) is 229 cm³/mol. The van der Waals surface area contributed by atoms with Crippen LogP contribution < -0.4 is 10.2 Å². The number of hydrogen-bond donors (Lipinski definition) is 3. The van der Waals surface area contributed by atoms with Crippen LogP contribution in [0.2, 0.25) is 0 Å². The van der Waals surface area contributed by atoms with Gasteiger partial charge in [0.05, 0.1) is 22.7 Å². The number of unbranched alkanes of at least 4 members (excludes halogenated alkanes) is 2. The molecule has 0 spiro atoms. The summed E-state index contributed by atoms with van der Waals surface area (Å²) in [4.78, 5) is 4.51. The zero-order valence-corrected chi connectivity index (χ0v) is 35.6. The number of para-hydroxylation sites is 2. The van der Waals surface area contributed by atoms with Gasteiger partial charge in [-0.2, -0.15) is 21.4 Å². The minimum atomic E-state index is -4.02. The zero-order valence-electron chi connectivity index (χ0n) is 34.0. The smallest absolute Gasteiger partial charge is 0.264 e. The molecule has 12 heteroatoms. The van der Waals surface area contributed by atoms with Crippen LogP contribution in [-0.2, 0) is 31.1 Å². The van der Waals surface area contributed by atoms with Crippen LogP contribution in [0.15, 0.2) is 108 Å². The molecule has 2 aliphatic heterocycles. The fourth-order valence-corrected chi connectivity index (χ4v) is 9.62. The van der Waals surface area contributed by atoms with Crippen LogP contribution in [0.3, 0.4) is 0 Å². The number of fused-ring (bicyclic) bond motifs is 2. The molecule has 0 atom stereocenters. The molecule has 3 aliphatic rings. The number of anilines is 1. The van der Waals surface area contributed by atoms with Crippen LogP contribution in [0.25, 0.3) is 0 Å². The minimum Gasteiger partial charge on any atom is -0.359 e. The summed E-state index contributed by atoms with van der Waals surface area (Å²) in [6, 6.07) is 16.8. The lowest BCUT2D eigenvalue weighted by molar-refractivity contribution is -0.438. The van der Waals surface area contributed by atoms with Crippen molar-refractivity contribution in [1.82, 2.24) is 10.2 Å². The summed E-state index contributed by atoms with van der Waals surface area (Å²) in [7, 11) is -8.04. The second-order valence-electron chi connectivity index (χ2n) is 16.0. The fraction of sp³-hybridized carbons (Fsp3) is 0.477. The maximum atomic E-state index is 11.5. The highest BCUT2D eigenvalue weighted by Crippen LogP contribution is 2.48. The number of allylic oxidation sites excluding steroid dienone is 7. The molecule has 2 aromatic rings. The normalized spacial score (nSPS) is 19.3. The number of nitrogens with zero attached hydrogens (tertiary/aromatic N) is 3. The van der Waals surface area contributed by atoms with Gasteiger partial charge in [0.1, 0.15) is 6.54 Å². The van der Waals surface area contributed by atoms with Crippen LogP contribution in [0.1, 0.15) is 97.6 Å². The van der Waals surface area contributed by atoms with Crippen LogP contribution in [0.4, 0.5) is 11.4 Å². The second-order valence-corrected chi connectivity index (χ2v) is 19.2. The molecular formula is C44H61N4O6S2+. The van der Waals surface area contributed by atoms with Gasteiger partial charge < -0.3 is 15.1 Å². The highest BCUT2D eigenvalue weighted by Gasteiger charge is 2.44. The van der Waals surface area contributed by atoms with Crippen LogP contribution >= 0.6 is 0 Å². The van der Waals surface area contributed by atoms with Crippen molar-refractivity contribution >= 4 is 37.3 Å². The third kappa shape index (κ3) is 9.93. The van der Waals surface area contributed by atoms with Crippen molar-refractivity contribution in [2.24, 2.45) is 0 Å². The molecule has 0 saturated carbocycles. The van der Waals surface area contributed by atoms with Crippen molar-refractivity contribution in [3.63, 3.8) is 0 Å². The average molecular weight is 806 g/mol. The van der Waals surface area contributed by atoms with E-state index in [0.29, 0.717) is 38.8 Å². The van der Waals surface area contributed by atoms with Gasteiger partial charge >= 0.3 is 0 Å². The summed E-state index contributed by atoms with van der Waals surface area (Å²) >= 11 is 0. The van der Waals surface area contributed by atoms with Crippen molar-refractivity contribution in [1.29, 1.82) is 0 Å². The third-order valence-corrected chi connectivity index (χ3v) is 13.1. The molecule has 0 bridgehead atoms. The van der Waals surface area contributed by atoms with E-state index in [1.165, 1.54) is 22.3 Å². The average Bonchev–Trinajstić information content (AvgIpc) is 3.48. The van der Waals surface area contributed by atoms with E-state index in [9.17, 15) is 25.9 Å². The zero-order chi connectivity index (χ0) is 40.9. The van der Waals surface area contributed by atoms with Gasteiger partial charge in [0, 0.05) is 66.3 Å². The van der Waals surface area contributed by atoms with Crippen molar-refractivity contribution in [2.45, 2.75) is 97.3 Å². The summed E-state index contributed by atoms with van der Waals surface area (Å²) in [6.45, 7) is 20.5. The highest BCUT2D eigenvalue weighted by atomic mass is 32.2. The molecular weight excluding hydrogens is 745 g/mol. The molecule has 0 radical (unpaired) electrons. The van der Waals surface area contributed by atoms with E-state index in [0.717, 1.165) is 66.7 Å². The standard InChI is InChI=1S/C44H60N4O6S2/c1-8-46(9-2)33(3)45-42-34(25-27-40-43(4,5)36-21-10-12-23-38(36)47(40)29-14-16-31-55(49,50)51)19-18-20-35(42)26-28-41-44(6,7)37-22-11-13-24-39(37)48(41)30-15-17-32-56(52,53)54/h10-13,21-28H,3,8-9,14-20,29-32H2,1-2,4-7H3,(H2,49,50,51,52,53,54)/p+1/b34-25+,40-27+. The molecule has 0 unspecified atom stereocenters. The van der Waals surface area contributed by atoms with E-state index < -0.39 is 20.2 Å². The highest BCUT2D eigenvalue weighted by molar-refractivity contribution is 7.86. The Morgan fingerprint density at radius 2 is 1.46 bits per heavy atom. The van der Waals surface area contributed by atoms with Gasteiger partial charge in [-0.1, -0.05) is 69.0 Å². The van der Waals surface area contributed by atoms with E-state index in [1.807, 2.05) is 12.1 Å². The Bertz CT molecular complexity index is 2170. The topological polar surface area (TPSA) is 130 Å². The summed E-state index contributed by atoms with van der Waals surface area (Å²) in [5.41, 5.74) is 9.75. The molecule has 56 heavy (non-hydrogen) atoms. The number of rotatable bonds is 18. The quantitative estimate of drug-likeness (QED) is 0.0773. The first kappa shape index (κ1) is 43.2. The van der Waals surface area contributed by atoms with E-state index in [2.05, 4.69) is 129 Å². The summed E-state index contributed by atoms with van der Waals surface area (Å²) in [5, 5.41) is 3.75. The predicted octanol–water partition coefficient (Wildman–Crippen LogP) is 8.40. The molecule has 1 aliphatic carbocycles. The first-order valence-corrected chi connectivity index (χ1v) is 23.2. The number of benzene rings is 2. The summed E-state index contributed by atoms with van der Waals surface area (Å²) in [6.07, 6.45) is 13.6. The van der Waals surface area contributed by atoms with Gasteiger partial charge in [-0.25, -0.2) is 0 Å². The van der Waals surface area contributed by atoms with Gasteiger partial charge in [-0.05, 0) is 95.1 Å².